The smallest absolute Gasteiger partial charge is 0.146 e. The van der Waals surface area contributed by atoms with E-state index < -0.39 is 0 Å². The molecule has 1 aliphatic carbocycles. The van der Waals surface area contributed by atoms with Crippen molar-refractivity contribution >= 4 is 21.6 Å². The van der Waals surface area contributed by atoms with Crippen LogP contribution in [0.2, 0.25) is 0 Å². The lowest BCUT2D eigenvalue weighted by Gasteiger charge is -2.31. The zero-order valence-electron chi connectivity index (χ0n) is 10.3. The molecule has 2 rings (SSSR count). The Kier molecular flexibility index (Phi) is 4.43. The Morgan fingerprint density at radius 2 is 2.06 bits per heavy atom. The molecule has 3 heteroatoms. The summed E-state index contributed by atoms with van der Waals surface area (Å²) in [5, 5.41) is 0.712. The Balaban J connectivity index is 2.35. The molecule has 0 atom stereocenters. The second kappa shape index (κ2) is 5.85. The van der Waals surface area contributed by atoms with Crippen LogP contribution < -0.4 is 4.90 Å². The van der Waals surface area contributed by atoms with Gasteiger partial charge < -0.3 is 4.90 Å². The van der Waals surface area contributed by atoms with Crippen LogP contribution in [0.15, 0.2) is 18.2 Å². The third kappa shape index (κ3) is 2.65. The molecule has 0 unspecified atom stereocenters. The second-order valence-electron chi connectivity index (χ2n) is 4.61. The molecule has 1 aromatic rings. The topological polar surface area (TPSA) is 3.24 Å². The molecule has 0 aliphatic heterocycles. The molecule has 94 valence electrons. The van der Waals surface area contributed by atoms with E-state index in [2.05, 4.69) is 27.8 Å². The normalized spacial score (nSPS) is 16.4. The van der Waals surface area contributed by atoms with Gasteiger partial charge in [0.15, 0.2) is 0 Å². The highest BCUT2D eigenvalue weighted by Crippen LogP contribution is 2.33. The van der Waals surface area contributed by atoms with E-state index in [9.17, 15) is 4.39 Å². The largest absolute Gasteiger partial charge is 0.366 e. The van der Waals surface area contributed by atoms with Crippen molar-refractivity contribution < 1.29 is 4.39 Å². The molecule has 0 saturated heterocycles. The minimum Gasteiger partial charge on any atom is -0.366 e. The van der Waals surface area contributed by atoms with Crippen LogP contribution in [0.3, 0.4) is 0 Å². The molecule has 0 radical (unpaired) electrons. The zero-order valence-corrected chi connectivity index (χ0v) is 11.8. The number of hydrogen-bond donors (Lipinski definition) is 0. The SMILES string of the molecule is CCN(c1c(F)cccc1CBr)C1CCCC1. The molecule has 0 amide bonds. The molecular formula is C14H19BrFN. The number of halogens is 2. The van der Waals surface area contributed by atoms with Gasteiger partial charge in [0.2, 0.25) is 0 Å². The van der Waals surface area contributed by atoms with Gasteiger partial charge in [-0.05, 0) is 31.4 Å². The van der Waals surface area contributed by atoms with Crippen molar-refractivity contribution in [3.63, 3.8) is 0 Å². The minimum absolute atomic E-state index is 0.0873. The third-order valence-corrected chi connectivity index (χ3v) is 4.21. The highest BCUT2D eigenvalue weighted by Gasteiger charge is 2.25. The maximum absolute atomic E-state index is 14.1. The van der Waals surface area contributed by atoms with Crippen LogP contribution in [0.25, 0.3) is 0 Å². The molecule has 0 bridgehead atoms. The van der Waals surface area contributed by atoms with Gasteiger partial charge >= 0.3 is 0 Å². The van der Waals surface area contributed by atoms with Crippen LogP contribution in [0.1, 0.15) is 38.2 Å². The quantitative estimate of drug-likeness (QED) is 0.741. The van der Waals surface area contributed by atoms with Gasteiger partial charge in [0.05, 0.1) is 5.69 Å². The van der Waals surface area contributed by atoms with Crippen molar-refractivity contribution in [1.82, 2.24) is 0 Å². The molecule has 1 fully saturated rings. The molecule has 1 saturated carbocycles. The first kappa shape index (κ1) is 12.9. The third-order valence-electron chi connectivity index (χ3n) is 3.61. The maximum Gasteiger partial charge on any atom is 0.146 e. The maximum atomic E-state index is 14.1. The summed E-state index contributed by atoms with van der Waals surface area (Å²) in [7, 11) is 0. The number of alkyl halides is 1. The van der Waals surface area contributed by atoms with Crippen molar-refractivity contribution in [3.05, 3.63) is 29.6 Å². The number of rotatable bonds is 4. The summed E-state index contributed by atoms with van der Waals surface area (Å²) in [5.74, 6) is -0.0873. The van der Waals surface area contributed by atoms with Crippen LogP contribution in [0.4, 0.5) is 10.1 Å². The van der Waals surface area contributed by atoms with Crippen molar-refractivity contribution in [3.8, 4) is 0 Å². The number of hydrogen-bond acceptors (Lipinski definition) is 1. The summed E-state index contributed by atoms with van der Waals surface area (Å²) < 4.78 is 14.1. The van der Waals surface area contributed by atoms with E-state index in [0.29, 0.717) is 11.4 Å². The van der Waals surface area contributed by atoms with Crippen molar-refractivity contribution in [2.75, 3.05) is 11.4 Å². The Morgan fingerprint density at radius 1 is 1.35 bits per heavy atom. The fourth-order valence-electron chi connectivity index (χ4n) is 2.80. The summed E-state index contributed by atoms with van der Waals surface area (Å²) in [4.78, 5) is 2.25. The van der Waals surface area contributed by atoms with Gasteiger partial charge in [-0.25, -0.2) is 4.39 Å². The van der Waals surface area contributed by atoms with Gasteiger partial charge in [0.25, 0.3) is 0 Å². The molecule has 0 N–H and O–H groups in total. The lowest BCUT2D eigenvalue weighted by atomic mass is 10.1. The van der Waals surface area contributed by atoms with E-state index in [1.165, 1.54) is 25.7 Å². The molecular weight excluding hydrogens is 281 g/mol. The first-order valence-electron chi connectivity index (χ1n) is 6.38. The molecule has 1 aliphatic rings. The highest BCUT2D eigenvalue weighted by atomic mass is 79.9. The van der Waals surface area contributed by atoms with E-state index in [1.54, 1.807) is 12.1 Å². The van der Waals surface area contributed by atoms with Crippen LogP contribution in [0, 0.1) is 5.82 Å². The predicted octanol–water partition coefficient (Wildman–Crippen LogP) is 4.49. The molecule has 17 heavy (non-hydrogen) atoms. The van der Waals surface area contributed by atoms with Crippen molar-refractivity contribution in [2.24, 2.45) is 0 Å². The standard InChI is InChI=1S/C14H19BrFN/c1-2-17(12-7-3-4-8-12)14-11(10-15)6-5-9-13(14)16/h5-6,9,12H,2-4,7-8,10H2,1H3. The van der Waals surface area contributed by atoms with Crippen LogP contribution >= 0.6 is 15.9 Å². The average molecular weight is 300 g/mol. The summed E-state index contributed by atoms with van der Waals surface area (Å²) >= 11 is 3.46. The second-order valence-corrected chi connectivity index (χ2v) is 5.17. The summed E-state index contributed by atoms with van der Waals surface area (Å²) in [5.41, 5.74) is 1.86. The average Bonchev–Trinajstić information content (AvgIpc) is 2.86. The fraction of sp³-hybridized carbons (Fsp3) is 0.571. The zero-order chi connectivity index (χ0) is 12.3. The lowest BCUT2D eigenvalue weighted by molar-refractivity contribution is 0.576. The predicted molar refractivity (Wildman–Crippen MR) is 74.3 cm³/mol. The fourth-order valence-corrected chi connectivity index (χ4v) is 3.26. The number of anilines is 1. The Hall–Kier alpha value is -0.570. The number of benzene rings is 1. The van der Waals surface area contributed by atoms with Gasteiger partial charge in [-0.1, -0.05) is 40.9 Å². The number of nitrogens with zero attached hydrogens (tertiary/aromatic N) is 1. The Morgan fingerprint density at radius 3 is 2.65 bits per heavy atom. The van der Waals surface area contributed by atoms with Crippen LogP contribution in [-0.2, 0) is 5.33 Å². The first-order valence-corrected chi connectivity index (χ1v) is 7.50. The molecule has 0 spiro atoms. The highest BCUT2D eigenvalue weighted by molar-refractivity contribution is 9.08. The number of para-hydroxylation sites is 1. The Labute approximate surface area is 111 Å². The Bertz CT molecular complexity index is 374. The van der Waals surface area contributed by atoms with Crippen LogP contribution in [-0.4, -0.2) is 12.6 Å². The van der Waals surface area contributed by atoms with Gasteiger partial charge in [-0.15, -0.1) is 0 Å². The van der Waals surface area contributed by atoms with Gasteiger partial charge in [-0.2, -0.15) is 0 Å². The molecule has 0 aromatic heterocycles. The van der Waals surface area contributed by atoms with E-state index in [4.69, 9.17) is 0 Å². The molecule has 1 aromatic carbocycles. The minimum atomic E-state index is -0.0873. The summed E-state index contributed by atoms with van der Waals surface area (Å²) in [6.45, 7) is 2.99. The van der Waals surface area contributed by atoms with Crippen molar-refractivity contribution in [1.29, 1.82) is 0 Å². The molecule has 1 nitrogen and oxygen atoms in total. The van der Waals surface area contributed by atoms with Crippen molar-refractivity contribution in [2.45, 2.75) is 44.0 Å². The monoisotopic (exact) mass is 299 g/mol. The lowest BCUT2D eigenvalue weighted by Crippen LogP contribution is -2.34. The van der Waals surface area contributed by atoms with Gasteiger partial charge in [-0.3, -0.25) is 0 Å². The van der Waals surface area contributed by atoms with E-state index in [1.807, 2.05) is 6.07 Å². The molecule has 0 heterocycles. The van der Waals surface area contributed by atoms with E-state index >= 15 is 0 Å². The summed E-state index contributed by atoms with van der Waals surface area (Å²) in [6.07, 6.45) is 4.95. The van der Waals surface area contributed by atoms with E-state index in [-0.39, 0.29) is 5.82 Å². The van der Waals surface area contributed by atoms with E-state index in [0.717, 1.165) is 17.8 Å². The summed E-state index contributed by atoms with van der Waals surface area (Å²) in [6, 6.07) is 5.89. The van der Waals surface area contributed by atoms with Gasteiger partial charge in [0.1, 0.15) is 5.82 Å². The van der Waals surface area contributed by atoms with Crippen LogP contribution in [0.5, 0.6) is 0 Å². The van der Waals surface area contributed by atoms with Gasteiger partial charge in [0, 0.05) is 17.9 Å². The first-order chi connectivity index (χ1) is 8.27.